The normalized spacial score (nSPS) is 11.0. The van der Waals surface area contributed by atoms with E-state index in [1.54, 1.807) is 36.1 Å². The van der Waals surface area contributed by atoms with Crippen molar-refractivity contribution in [2.24, 2.45) is 0 Å². The van der Waals surface area contributed by atoms with Crippen LogP contribution in [0.15, 0.2) is 41.4 Å². The molecule has 0 aromatic carbocycles. The lowest BCUT2D eigenvalue weighted by atomic mass is 10.1. The molecule has 4 aromatic heterocycles. The van der Waals surface area contributed by atoms with Crippen molar-refractivity contribution in [2.45, 2.75) is 27.2 Å². The first-order valence-electron chi connectivity index (χ1n) is 8.97. The molecule has 7 nitrogen and oxygen atoms in total. The molecule has 0 unspecified atom stereocenters. The summed E-state index contributed by atoms with van der Waals surface area (Å²) in [5.41, 5.74) is 4.52. The maximum Gasteiger partial charge on any atom is 0.223 e. The lowest BCUT2D eigenvalue weighted by Gasteiger charge is -2.10. The van der Waals surface area contributed by atoms with Gasteiger partial charge in [-0.1, -0.05) is 5.16 Å². The number of thiophene rings is 1. The molecule has 0 atom stereocenters. The number of nitrogens with one attached hydrogen (secondary N) is 1. The molecule has 4 heterocycles. The van der Waals surface area contributed by atoms with Gasteiger partial charge in [-0.25, -0.2) is 9.97 Å². The molecule has 8 heteroatoms. The van der Waals surface area contributed by atoms with E-state index in [1.165, 1.54) is 4.88 Å². The molecule has 0 saturated carbocycles. The topological polar surface area (TPSA) is 89.6 Å². The number of hydrogen-bond donors (Lipinski definition) is 1. The highest BCUT2D eigenvalue weighted by Gasteiger charge is 2.15. The third kappa shape index (κ3) is 3.77. The summed E-state index contributed by atoms with van der Waals surface area (Å²) < 4.78 is 5.22. The van der Waals surface area contributed by atoms with Crippen molar-refractivity contribution in [1.82, 2.24) is 25.1 Å². The van der Waals surface area contributed by atoms with Crippen molar-refractivity contribution >= 4 is 17.3 Å². The first kappa shape index (κ1) is 18.2. The van der Waals surface area contributed by atoms with Crippen LogP contribution in [0, 0.1) is 20.8 Å². The van der Waals surface area contributed by atoms with E-state index in [2.05, 4.69) is 44.5 Å². The van der Waals surface area contributed by atoms with Crippen molar-refractivity contribution in [3.8, 4) is 21.8 Å². The third-order valence-corrected chi connectivity index (χ3v) is 5.45. The van der Waals surface area contributed by atoms with Gasteiger partial charge < -0.3 is 9.84 Å². The minimum atomic E-state index is 0.584. The number of aromatic nitrogens is 5. The quantitative estimate of drug-likeness (QED) is 0.525. The molecule has 4 rings (SSSR count). The van der Waals surface area contributed by atoms with Crippen molar-refractivity contribution < 1.29 is 4.52 Å². The zero-order valence-corrected chi connectivity index (χ0v) is 16.7. The summed E-state index contributed by atoms with van der Waals surface area (Å²) in [6.07, 6.45) is 7.66. The maximum absolute atomic E-state index is 5.22. The number of anilines is 1. The van der Waals surface area contributed by atoms with Crippen molar-refractivity contribution in [2.75, 3.05) is 11.9 Å². The summed E-state index contributed by atoms with van der Waals surface area (Å²) in [6.45, 7) is 6.66. The predicted molar refractivity (Wildman–Crippen MR) is 109 cm³/mol. The molecule has 0 saturated heterocycles. The Morgan fingerprint density at radius 3 is 2.64 bits per heavy atom. The SMILES string of the molecule is Cc1ccc(-c2nc(NCCc3c(C)noc3C)ncc2-c2cnccn2)s1. The van der Waals surface area contributed by atoms with Gasteiger partial charge in [0.15, 0.2) is 0 Å². The summed E-state index contributed by atoms with van der Waals surface area (Å²) in [6, 6.07) is 4.17. The van der Waals surface area contributed by atoms with Crippen LogP contribution < -0.4 is 5.32 Å². The van der Waals surface area contributed by atoms with Crippen LogP contribution in [0.3, 0.4) is 0 Å². The Morgan fingerprint density at radius 2 is 1.96 bits per heavy atom. The Kier molecular flexibility index (Phi) is 5.12. The monoisotopic (exact) mass is 392 g/mol. The largest absolute Gasteiger partial charge is 0.361 e. The zero-order valence-electron chi connectivity index (χ0n) is 15.9. The molecular formula is C20H20N6OS. The fourth-order valence-electron chi connectivity index (χ4n) is 3.00. The fraction of sp³-hybridized carbons (Fsp3) is 0.250. The molecule has 0 aliphatic carbocycles. The van der Waals surface area contributed by atoms with E-state index in [4.69, 9.17) is 9.51 Å². The third-order valence-electron chi connectivity index (χ3n) is 4.44. The average molecular weight is 392 g/mol. The Morgan fingerprint density at radius 1 is 1.07 bits per heavy atom. The molecule has 0 spiro atoms. The van der Waals surface area contributed by atoms with Gasteiger partial charge in [0.2, 0.25) is 5.95 Å². The molecule has 28 heavy (non-hydrogen) atoms. The summed E-state index contributed by atoms with van der Waals surface area (Å²) in [7, 11) is 0. The first-order valence-corrected chi connectivity index (χ1v) is 9.79. The lowest BCUT2D eigenvalue weighted by molar-refractivity contribution is 0.392. The molecule has 0 aliphatic rings. The van der Waals surface area contributed by atoms with Gasteiger partial charge in [0, 0.05) is 41.1 Å². The van der Waals surface area contributed by atoms with E-state index in [-0.39, 0.29) is 0 Å². The zero-order chi connectivity index (χ0) is 19.5. The van der Waals surface area contributed by atoms with Gasteiger partial charge in [-0.15, -0.1) is 11.3 Å². The number of hydrogen-bond acceptors (Lipinski definition) is 8. The van der Waals surface area contributed by atoms with E-state index in [0.717, 1.165) is 45.3 Å². The van der Waals surface area contributed by atoms with Crippen LogP contribution in [-0.4, -0.2) is 31.6 Å². The van der Waals surface area contributed by atoms with E-state index < -0.39 is 0 Å². The van der Waals surface area contributed by atoms with Crippen molar-refractivity contribution in [3.63, 3.8) is 0 Å². The highest BCUT2D eigenvalue weighted by molar-refractivity contribution is 7.15. The molecule has 0 bridgehead atoms. The highest BCUT2D eigenvalue weighted by Crippen LogP contribution is 2.33. The molecule has 4 aromatic rings. The van der Waals surface area contributed by atoms with Gasteiger partial charge >= 0.3 is 0 Å². The second-order valence-electron chi connectivity index (χ2n) is 6.44. The van der Waals surface area contributed by atoms with Gasteiger partial charge in [0.05, 0.1) is 28.2 Å². The van der Waals surface area contributed by atoms with Gasteiger partial charge in [0.25, 0.3) is 0 Å². The van der Waals surface area contributed by atoms with Gasteiger partial charge in [-0.05, 0) is 39.3 Å². The second-order valence-corrected chi connectivity index (χ2v) is 7.72. The molecule has 0 radical (unpaired) electrons. The lowest BCUT2D eigenvalue weighted by Crippen LogP contribution is -2.09. The second kappa shape index (κ2) is 7.85. The van der Waals surface area contributed by atoms with Crippen LogP contribution in [0.4, 0.5) is 5.95 Å². The Labute approximate surface area is 166 Å². The minimum absolute atomic E-state index is 0.584. The average Bonchev–Trinajstić information content (AvgIpc) is 3.29. The molecular weight excluding hydrogens is 372 g/mol. The summed E-state index contributed by atoms with van der Waals surface area (Å²) in [5, 5.41) is 7.31. The molecule has 142 valence electrons. The van der Waals surface area contributed by atoms with Crippen LogP contribution in [-0.2, 0) is 6.42 Å². The van der Waals surface area contributed by atoms with E-state index in [1.807, 2.05) is 13.8 Å². The van der Waals surface area contributed by atoms with Crippen molar-refractivity contribution in [1.29, 1.82) is 0 Å². The van der Waals surface area contributed by atoms with Gasteiger partial charge in [-0.2, -0.15) is 0 Å². The fourth-order valence-corrected chi connectivity index (χ4v) is 3.87. The number of aryl methyl sites for hydroxylation is 3. The van der Waals surface area contributed by atoms with E-state index in [0.29, 0.717) is 12.5 Å². The smallest absolute Gasteiger partial charge is 0.223 e. The Balaban J connectivity index is 1.61. The minimum Gasteiger partial charge on any atom is -0.361 e. The Hall–Kier alpha value is -3.13. The van der Waals surface area contributed by atoms with Gasteiger partial charge in [0.1, 0.15) is 5.76 Å². The Bertz CT molecular complexity index is 1070. The van der Waals surface area contributed by atoms with E-state index in [9.17, 15) is 0 Å². The maximum atomic E-state index is 5.22. The summed E-state index contributed by atoms with van der Waals surface area (Å²) in [5.74, 6) is 1.44. The first-order chi connectivity index (χ1) is 13.6. The molecule has 1 N–H and O–H groups in total. The summed E-state index contributed by atoms with van der Waals surface area (Å²) in [4.78, 5) is 20.2. The van der Waals surface area contributed by atoms with Crippen molar-refractivity contribution in [3.05, 3.63) is 58.8 Å². The molecule has 0 aliphatic heterocycles. The molecule has 0 fully saturated rings. The van der Waals surface area contributed by atoms with Gasteiger partial charge in [-0.3, -0.25) is 9.97 Å². The van der Waals surface area contributed by atoms with Crippen LogP contribution >= 0.6 is 11.3 Å². The highest BCUT2D eigenvalue weighted by atomic mass is 32.1. The summed E-state index contributed by atoms with van der Waals surface area (Å²) >= 11 is 1.70. The van der Waals surface area contributed by atoms with Crippen LogP contribution in [0.5, 0.6) is 0 Å². The predicted octanol–water partition coefficient (Wildman–Crippen LogP) is 4.23. The molecule has 0 amide bonds. The van der Waals surface area contributed by atoms with E-state index >= 15 is 0 Å². The number of nitrogens with zero attached hydrogens (tertiary/aromatic N) is 5. The number of rotatable bonds is 6. The van der Waals surface area contributed by atoms with Crippen LogP contribution in [0.25, 0.3) is 21.8 Å². The van der Waals surface area contributed by atoms with Crippen LogP contribution in [0.1, 0.15) is 21.9 Å². The standard InChI is InChI=1S/C20H20N6OS/c1-12-4-5-18(28-12)19-16(17-11-21-8-9-22-17)10-24-20(25-19)23-7-6-15-13(2)26-27-14(15)3/h4-5,8-11H,6-7H2,1-3H3,(H,23,24,25). The van der Waals surface area contributed by atoms with Crippen LogP contribution in [0.2, 0.25) is 0 Å².